The van der Waals surface area contributed by atoms with Crippen LogP contribution in [0.2, 0.25) is 0 Å². The van der Waals surface area contributed by atoms with Crippen LogP contribution >= 0.6 is 0 Å². The highest BCUT2D eigenvalue weighted by molar-refractivity contribution is 6.03. The zero-order valence-corrected chi connectivity index (χ0v) is 16.3. The Morgan fingerprint density at radius 1 is 1.07 bits per heavy atom. The molecule has 3 aromatic rings. The largest absolute Gasteiger partial charge is 0.497 e. The van der Waals surface area contributed by atoms with Crippen molar-refractivity contribution in [1.82, 2.24) is 9.97 Å². The van der Waals surface area contributed by atoms with Crippen LogP contribution in [0, 0.1) is 0 Å². The minimum atomic E-state index is -0.985. The smallest absolute Gasteiger partial charge is 0.341 e. The van der Waals surface area contributed by atoms with E-state index in [1.54, 1.807) is 49.5 Å². The monoisotopic (exact) mass is 395 g/mol. The van der Waals surface area contributed by atoms with Crippen molar-refractivity contribution in [2.24, 2.45) is 0 Å². The van der Waals surface area contributed by atoms with Gasteiger partial charge in [-0.25, -0.2) is 4.79 Å². The number of carbonyl (C=O) groups is 2. The molecule has 1 N–H and O–H groups in total. The molecular formula is C21H21N3O5. The second-order valence-corrected chi connectivity index (χ2v) is 6.09. The van der Waals surface area contributed by atoms with Gasteiger partial charge in [-0.15, -0.1) is 0 Å². The van der Waals surface area contributed by atoms with Crippen LogP contribution in [-0.2, 0) is 9.53 Å². The van der Waals surface area contributed by atoms with Gasteiger partial charge in [0.25, 0.3) is 5.91 Å². The lowest BCUT2D eigenvalue weighted by atomic mass is 10.1. The molecule has 2 aromatic carbocycles. The van der Waals surface area contributed by atoms with Crippen molar-refractivity contribution in [2.45, 2.75) is 19.4 Å². The fraction of sp³-hybridized carbons (Fsp3) is 0.238. The highest BCUT2D eigenvalue weighted by Crippen LogP contribution is 2.29. The Morgan fingerprint density at radius 3 is 2.59 bits per heavy atom. The van der Waals surface area contributed by atoms with Gasteiger partial charge in [-0.1, -0.05) is 13.0 Å². The second kappa shape index (κ2) is 9.01. The van der Waals surface area contributed by atoms with Crippen molar-refractivity contribution in [2.75, 3.05) is 19.5 Å². The first-order valence-electron chi connectivity index (χ1n) is 9.01. The number of carbonyl (C=O) groups excluding carboxylic acids is 2. The van der Waals surface area contributed by atoms with Crippen LogP contribution in [0.25, 0.3) is 11.0 Å². The van der Waals surface area contributed by atoms with Crippen LogP contribution < -0.4 is 14.8 Å². The highest BCUT2D eigenvalue weighted by atomic mass is 16.5. The van der Waals surface area contributed by atoms with E-state index in [1.807, 2.05) is 0 Å². The maximum atomic E-state index is 12.7. The summed E-state index contributed by atoms with van der Waals surface area (Å²) in [5.41, 5.74) is 1.70. The van der Waals surface area contributed by atoms with Crippen molar-refractivity contribution in [3.05, 3.63) is 54.4 Å². The van der Waals surface area contributed by atoms with Crippen LogP contribution in [0.4, 0.5) is 5.69 Å². The molecular weight excluding hydrogens is 374 g/mol. The van der Waals surface area contributed by atoms with E-state index in [4.69, 9.17) is 14.2 Å². The van der Waals surface area contributed by atoms with Gasteiger partial charge in [0.1, 0.15) is 17.0 Å². The number of aromatic nitrogens is 2. The molecule has 1 aromatic heterocycles. The van der Waals surface area contributed by atoms with Crippen molar-refractivity contribution in [1.29, 1.82) is 0 Å². The fourth-order valence-electron chi connectivity index (χ4n) is 2.79. The number of anilines is 1. The fourth-order valence-corrected chi connectivity index (χ4v) is 2.79. The van der Waals surface area contributed by atoms with Gasteiger partial charge in [0.2, 0.25) is 0 Å². The van der Waals surface area contributed by atoms with E-state index in [0.29, 0.717) is 34.6 Å². The quantitative estimate of drug-likeness (QED) is 0.613. The first-order valence-corrected chi connectivity index (χ1v) is 9.01. The highest BCUT2D eigenvalue weighted by Gasteiger charge is 2.24. The molecule has 3 rings (SSSR count). The van der Waals surface area contributed by atoms with Gasteiger partial charge in [0.15, 0.2) is 6.10 Å². The van der Waals surface area contributed by atoms with E-state index in [2.05, 4.69) is 15.3 Å². The first-order chi connectivity index (χ1) is 14.1. The third-order valence-electron chi connectivity index (χ3n) is 4.30. The molecule has 0 spiro atoms. The van der Waals surface area contributed by atoms with Crippen LogP contribution in [0.15, 0.2) is 48.8 Å². The van der Waals surface area contributed by atoms with Gasteiger partial charge in [-0.3, -0.25) is 14.8 Å². The Hall–Kier alpha value is -3.68. The molecule has 0 radical (unpaired) electrons. The predicted octanol–water partition coefficient (Wildman–Crippen LogP) is 3.22. The van der Waals surface area contributed by atoms with Crippen LogP contribution in [-0.4, -0.2) is 42.2 Å². The van der Waals surface area contributed by atoms with E-state index >= 15 is 0 Å². The molecule has 0 saturated heterocycles. The summed E-state index contributed by atoms with van der Waals surface area (Å²) in [4.78, 5) is 33.7. The zero-order valence-electron chi connectivity index (χ0n) is 16.3. The number of fused-ring (bicyclic) bond motifs is 1. The Morgan fingerprint density at radius 2 is 1.86 bits per heavy atom. The van der Waals surface area contributed by atoms with Crippen molar-refractivity contribution < 1.29 is 23.8 Å². The number of rotatable bonds is 7. The molecule has 0 aliphatic heterocycles. The molecule has 150 valence electrons. The van der Waals surface area contributed by atoms with Gasteiger partial charge in [-0.2, -0.15) is 0 Å². The van der Waals surface area contributed by atoms with Crippen molar-refractivity contribution in [3.8, 4) is 11.5 Å². The van der Waals surface area contributed by atoms with E-state index in [-0.39, 0.29) is 5.56 Å². The van der Waals surface area contributed by atoms with Gasteiger partial charge in [0, 0.05) is 18.5 Å². The van der Waals surface area contributed by atoms with E-state index < -0.39 is 18.0 Å². The second-order valence-electron chi connectivity index (χ2n) is 6.09. The number of hydrogen-bond acceptors (Lipinski definition) is 7. The molecule has 8 heteroatoms. The predicted molar refractivity (Wildman–Crippen MR) is 107 cm³/mol. The van der Waals surface area contributed by atoms with Crippen molar-refractivity contribution in [3.63, 3.8) is 0 Å². The number of amides is 1. The molecule has 1 atom stereocenters. The van der Waals surface area contributed by atoms with Crippen LogP contribution in [0.5, 0.6) is 11.5 Å². The topological polar surface area (TPSA) is 99.6 Å². The lowest BCUT2D eigenvalue weighted by Crippen LogP contribution is -2.32. The number of ether oxygens (including phenoxy) is 3. The Bertz CT molecular complexity index is 1030. The molecule has 0 fully saturated rings. The number of nitrogens with one attached hydrogen (secondary N) is 1. The molecule has 8 nitrogen and oxygen atoms in total. The lowest BCUT2D eigenvalue weighted by Gasteiger charge is -2.18. The molecule has 0 bridgehead atoms. The summed E-state index contributed by atoms with van der Waals surface area (Å²) >= 11 is 0. The number of nitrogens with zero attached hydrogens (tertiary/aromatic N) is 2. The Labute approximate surface area is 167 Å². The molecule has 1 unspecified atom stereocenters. The average Bonchev–Trinajstić information content (AvgIpc) is 2.76. The maximum Gasteiger partial charge on any atom is 0.341 e. The summed E-state index contributed by atoms with van der Waals surface area (Å²) in [6.07, 6.45) is 2.36. The minimum absolute atomic E-state index is 0.254. The summed E-state index contributed by atoms with van der Waals surface area (Å²) in [5.74, 6) is -0.0750. The summed E-state index contributed by atoms with van der Waals surface area (Å²) in [7, 11) is 3.03. The molecule has 1 heterocycles. The molecule has 1 amide bonds. The van der Waals surface area contributed by atoms with Crippen molar-refractivity contribution >= 4 is 28.6 Å². The number of methoxy groups -OCH3 is 2. The summed E-state index contributed by atoms with van der Waals surface area (Å²) < 4.78 is 15.9. The van der Waals surface area contributed by atoms with Gasteiger partial charge < -0.3 is 19.5 Å². The molecule has 29 heavy (non-hydrogen) atoms. The zero-order chi connectivity index (χ0) is 20.8. The first kappa shape index (κ1) is 20.1. The number of esters is 1. The number of para-hydroxylation sites is 1. The van der Waals surface area contributed by atoms with E-state index in [0.717, 1.165) is 0 Å². The van der Waals surface area contributed by atoms with Gasteiger partial charge >= 0.3 is 5.97 Å². The van der Waals surface area contributed by atoms with E-state index in [9.17, 15) is 9.59 Å². The number of benzene rings is 2. The molecule has 0 aliphatic rings. The standard InChI is InChI=1S/C21H21N3O5/c1-4-17(20(25)24-15-9-8-13(27-2)12-18(15)28-3)29-21(26)14-6-5-7-16-19(14)23-11-10-22-16/h5-12,17H,4H2,1-3H3,(H,24,25). The Kier molecular flexibility index (Phi) is 6.23. The summed E-state index contributed by atoms with van der Waals surface area (Å²) in [6, 6.07) is 10.0. The Balaban J connectivity index is 1.77. The number of hydrogen-bond donors (Lipinski definition) is 1. The average molecular weight is 395 g/mol. The summed E-state index contributed by atoms with van der Waals surface area (Å²) in [6.45, 7) is 1.76. The van der Waals surface area contributed by atoms with Crippen LogP contribution in [0.3, 0.4) is 0 Å². The van der Waals surface area contributed by atoms with Crippen LogP contribution in [0.1, 0.15) is 23.7 Å². The van der Waals surface area contributed by atoms with Gasteiger partial charge in [0.05, 0.1) is 31.0 Å². The van der Waals surface area contributed by atoms with Gasteiger partial charge in [-0.05, 0) is 30.7 Å². The third-order valence-corrected chi connectivity index (χ3v) is 4.30. The molecule has 0 aliphatic carbocycles. The van der Waals surface area contributed by atoms with E-state index in [1.165, 1.54) is 20.4 Å². The SMILES string of the molecule is CCC(OC(=O)c1cccc2nccnc12)C(=O)Nc1ccc(OC)cc1OC. The lowest BCUT2D eigenvalue weighted by molar-refractivity contribution is -0.124. The summed E-state index contributed by atoms with van der Waals surface area (Å²) in [5, 5.41) is 2.73. The normalized spacial score (nSPS) is 11.6. The molecule has 0 saturated carbocycles. The maximum absolute atomic E-state index is 12.7. The minimum Gasteiger partial charge on any atom is -0.497 e. The third kappa shape index (κ3) is 4.43.